The molecule has 1 nitrogen and oxygen atoms in total. The first kappa shape index (κ1) is 11.0. The molecule has 1 rings (SSSR count). The first-order valence-corrected chi connectivity index (χ1v) is 5.16. The third kappa shape index (κ3) is 4.24. The number of allylic oxidation sites excluding steroid dienone is 1. The molecule has 1 aromatic carbocycles. The summed E-state index contributed by atoms with van der Waals surface area (Å²) in [6.45, 7) is 4.21. The van der Waals surface area contributed by atoms with Crippen molar-refractivity contribution in [3.63, 3.8) is 0 Å². The van der Waals surface area contributed by atoms with E-state index in [1.807, 2.05) is 6.07 Å². The van der Waals surface area contributed by atoms with Crippen molar-refractivity contribution in [3.8, 4) is 0 Å². The molecule has 0 unspecified atom stereocenters. The van der Waals surface area contributed by atoms with Gasteiger partial charge in [0.2, 0.25) is 0 Å². The number of benzene rings is 1. The number of hydrogen-bond acceptors (Lipinski definition) is 1. The minimum Gasteiger partial charge on any atom is -0.328 e. The molecule has 1 atom stereocenters. The van der Waals surface area contributed by atoms with E-state index >= 15 is 0 Å². The smallest absolute Gasteiger partial charge is 0.00135 e. The monoisotopic (exact) mass is 189 g/mol. The average Bonchev–Trinajstić information content (AvgIpc) is 2.16. The Bertz CT molecular complexity index is 285. The molecule has 1 aromatic rings. The van der Waals surface area contributed by atoms with Crippen molar-refractivity contribution in [1.82, 2.24) is 0 Å². The maximum Gasteiger partial charge on any atom is 0.00135 e. The average molecular weight is 189 g/mol. The molecule has 2 N–H and O–H groups in total. The van der Waals surface area contributed by atoms with E-state index in [4.69, 9.17) is 5.73 Å². The van der Waals surface area contributed by atoms with E-state index in [0.29, 0.717) is 6.04 Å². The van der Waals surface area contributed by atoms with Gasteiger partial charge in [-0.1, -0.05) is 42.0 Å². The van der Waals surface area contributed by atoms with Gasteiger partial charge >= 0.3 is 0 Å². The number of rotatable bonds is 4. The van der Waals surface area contributed by atoms with Crippen LogP contribution in [0.5, 0.6) is 0 Å². The largest absolute Gasteiger partial charge is 0.328 e. The molecule has 0 saturated carbocycles. The summed E-state index contributed by atoms with van der Waals surface area (Å²) in [5.41, 5.74) is 8.38. The second kappa shape index (κ2) is 5.61. The van der Waals surface area contributed by atoms with Gasteiger partial charge in [-0.2, -0.15) is 0 Å². The molecule has 0 aliphatic heterocycles. The maximum atomic E-state index is 5.71. The van der Waals surface area contributed by atoms with Gasteiger partial charge in [-0.15, -0.1) is 0 Å². The van der Waals surface area contributed by atoms with E-state index in [1.165, 1.54) is 11.1 Å². The summed E-state index contributed by atoms with van der Waals surface area (Å²) in [5.74, 6) is 0. The molecule has 0 aliphatic rings. The van der Waals surface area contributed by atoms with Crippen molar-refractivity contribution in [3.05, 3.63) is 41.5 Å². The summed E-state index contributed by atoms with van der Waals surface area (Å²) < 4.78 is 0. The second-order valence-electron chi connectivity index (χ2n) is 3.92. The molecule has 76 valence electrons. The predicted molar refractivity (Wildman–Crippen MR) is 63.0 cm³/mol. The molecule has 0 saturated heterocycles. The molecule has 0 aromatic heterocycles. The summed E-state index contributed by atoms with van der Waals surface area (Å²) >= 11 is 0. The minimum absolute atomic E-state index is 0.300. The number of nitrogens with two attached hydrogens (primary N) is 1. The topological polar surface area (TPSA) is 26.0 Å². The standard InChI is InChI=1S/C13H19N/c1-11(8-9-12(2)14)10-13-6-4-3-5-7-13/h3-7,10,12H,8-9,14H2,1-2H3/b11-10+/t12-/m1/s1. The van der Waals surface area contributed by atoms with Crippen molar-refractivity contribution in [1.29, 1.82) is 0 Å². The van der Waals surface area contributed by atoms with Gasteiger partial charge in [0.1, 0.15) is 0 Å². The summed E-state index contributed by atoms with van der Waals surface area (Å²) in [4.78, 5) is 0. The van der Waals surface area contributed by atoms with Gasteiger partial charge in [-0.25, -0.2) is 0 Å². The zero-order valence-corrected chi connectivity index (χ0v) is 9.03. The highest BCUT2D eigenvalue weighted by Gasteiger charge is 1.95. The summed E-state index contributed by atoms with van der Waals surface area (Å²) in [6, 6.07) is 10.7. The summed E-state index contributed by atoms with van der Waals surface area (Å²) in [5, 5.41) is 0. The third-order valence-electron chi connectivity index (χ3n) is 2.21. The van der Waals surface area contributed by atoms with Crippen LogP contribution in [0, 0.1) is 0 Å². The zero-order valence-electron chi connectivity index (χ0n) is 9.03. The van der Waals surface area contributed by atoms with E-state index in [9.17, 15) is 0 Å². The van der Waals surface area contributed by atoms with Crippen LogP contribution in [-0.2, 0) is 0 Å². The van der Waals surface area contributed by atoms with Gasteiger partial charge in [0, 0.05) is 6.04 Å². The van der Waals surface area contributed by atoms with Crippen LogP contribution in [0.4, 0.5) is 0 Å². The molecule has 0 aliphatic carbocycles. The normalized spacial score (nSPS) is 14.1. The highest BCUT2D eigenvalue weighted by molar-refractivity contribution is 5.51. The lowest BCUT2D eigenvalue weighted by Gasteiger charge is -2.04. The van der Waals surface area contributed by atoms with Crippen LogP contribution < -0.4 is 5.73 Å². The van der Waals surface area contributed by atoms with Crippen molar-refractivity contribution in [2.75, 3.05) is 0 Å². The van der Waals surface area contributed by atoms with Crippen LogP contribution in [0.25, 0.3) is 6.08 Å². The molecule has 1 heteroatoms. The fourth-order valence-corrected chi connectivity index (χ4v) is 1.36. The highest BCUT2D eigenvalue weighted by atomic mass is 14.6. The molecule has 0 amide bonds. The molecule has 14 heavy (non-hydrogen) atoms. The van der Waals surface area contributed by atoms with Crippen LogP contribution in [0.2, 0.25) is 0 Å². The highest BCUT2D eigenvalue weighted by Crippen LogP contribution is 2.11. The Hall–Kier alpha value is -1.08. The van der Waals surface area contributed by atoms with Gasteiger partial charge in [-0.3, -0.25) is 0 Å². The maximum absolute atomic E-state index is 5.71. The van der Waals surface area contributed by atoms with E-state index in [0.717, 1.165) is 12.8 Å². The van der Waals surface area contributed by atoms with E-state index in [1.54, 1.807) is 0 Å². The zero-order chi connectivity index (χ0) is 10.4. The SMILES string of the molecule is C/C(=C\c1ccccc1)CC[C@@H](C)N. The van der Waals surface area contributed by atoms with Crippen molar-refractivity contribution in [2.45, 2.75) is 32.7 Å². The Balaban J connectivity index is 2.52. The van der Waals surface area contributed by atoms with E-state index < -0.39 is 0 Å². The van der Waals surface area contributed by atoms with Crippen LogP contribution in [0.1, 0.15) is 32.3 Å². The predicted octanol–water partition coefficient (Wildman–Crippen LogP) is 3.22. The molecular formula is C13H19N. The minimum atomic E-state index is 0.300. The van der Waals surface area contributed by atoms with Gasteiger partial charge in [0.15, 0.2) is 0 Å². The Labute approximate surface area is 86.6 Å². The lowest BCUT2D eigenvalue weighted by atomic mass is 10.1. The first-order valence-electron chi connectivity index (χ1n) is 5.16. The third-order valence-corrected chi connectivity index (χ3v) is 2.21. The van der Waals surface area contributed by atoms with Gasteiger partial charge < -0.3 is 5.73 Å². The number of hydrogen-bond donors (Lipinski definition) is 1. The van der Waals surface area contributed by atoms with Crippen LogP contribution in [0.3, 0.4) is 0 Å². The lowest BCUT2D eigenvalue weighted by Crippen LogP contribution is -2.14. The summed E-state index contributed by atoms with van der Waals surface area (Å²) in [6.07, 6.45) is 4.38. The fourth-order valence-electron chi connectivity index (χ4n) is 1.36. The Morgan fingerprint density at radius 2 is 2.00 bits per heavy atom. The first-order chi connectivity index (χ1) is 6.68. The van der Waals surface area contributed by atoms with E-state index in [2.05, 4.69) is 44.2 Å². The quantitative estimate of drug-likeness (QED) is 0.773. The Morgan fingerprint density at radius 1 is 1.36 bits per heavy atom. The van der Waals surface area contributed by atoms with Crippen LogP contribution >= 0.6 is 0 Å². The molecule has 0 radical (unpaired) electrons. The van der Waals surface area contributed by atoms with E-state index in [-0.39, 0.29) is 0 Å². The van der Waals surface area contributed by atoms with Gasteiger partial charge in [0.25, 0.3) is 0 Å². The Morgan fingerprint density at radius 3 is 2.57 bits per heavy atom. The van der Waals surface area contributed by atoms with Crippen molar-refractivity contribution >= 4 is 6.08 Å². The Kier molecular flexibility index (Phi) is 4.41. The molecular weight excluding hydrogens is 170 g/mol. The molecule has 0 heterocycles. The van der Waals surface area contributed by atoms with Crippen LogP contribution in [-0.4, -0.2) is 6.04 Å². The fraction of sp³-hybridized carbons (Fsp3) is 0.385. The molecule has 0 spiro atoms. The summed E-state index contributed by atoms with van der Waals surface area (Å²) in [7, 11) is 0. The second-order valence-corrected chi connectivity index (χ2v) is 3.92. The lowest BCUT2D eigenvalue weighted by molar-refractivity contribution is 0.664. The van der Waals surface area contributed by atoms with Crippen molar-refractivity contribution in [2.24, 2.45) is 5.73 Å². The van der Waals surface area contributed by atoms with Crippen LogP contribution in [0.15, 0.2) is 35.9 Å². The molecule has 0 bridgehead atoms. The van der Waals surface area contributed by atoms with Gasteiger partial charge in [-0.05, 0) is 32.3 Å². The molecule has 0 fully saturated rings. The van der Waals surface area contributed by atoms with Gasteiger partial charge in [0.05, 0.1) is 0 Å². The van der Waals surface area contributed by atoms with Crippen molar-refractivity contribution < 1.29 is 0 Å².